The highest BCUT2D eigenvalue weighted by Crippen LogP contribution is 1.98. The van der Waals surface area contributed by atoms with Gasteiger partial charge in [-0.3, -0.25) is 9.59 Å². The van der Waals surface area contributed by atoms with Crippen molar-refractivity contribution in [2.24, 2.45) is 11.5 Å². The highest BCUT2D eigenvalue weighted by atomic mass is 16.4. The average molecular weight is 416 g/mol. The van der Waals surface area contributed by atoms with Crippen molar-refractivity contribution in [2.75, 3.05) is 13.2 Å². The highest BCUT2D eigenvalue weighted by molar-refractivity contribution is 5.92. The number of carbonyl (C=O) groups is 4. The van der Waals surface area contributed by atoms with Gasteiger partial charge in [-0.05, 0) is 34.1 Å². The van der Waals surface area contributed by atoms with E-state index in [2.05, 4.69) is 13.2 Å². The van der Waals surface area contributed by atoms with Gasteiger partial charge < -0.3 is 31.9 Å². The molecule has 0 saturated heterocycles. The summed E-state index contributed by atoms with van der Waals surface area (Å²) in [5.74, 6) is -2.78. The summed E-state index contributed by atoms with van der Waals surface area (Å²) in [6.45, 7) is 12.2. The normalized spacial score (nSPS) is 9.86. The van der Waals surface area contributed by atoms with Gasteiger partial charge in [0, 0.05) is 22.3 Å². The molecule has 0 fully saturated rings. The first kappa shape index (κ1) is 33.4. The van der Waals surface area contributed by atoms with Crippen LogP contribution in [-0.4, -0.2) is 57.4 Å². The summed E-state index contributed by atoms with van der Waals surface area (Å²) < 4.78 is 0. The highest BCUT2D eigenvalue weighted by Gasteiger charge is 1.96. The zero-order valence-corrected chi connectivity index (χ0v) is 17.3. The Bertz CT molecular complexity index is 556. The van der Waals surface area contributed by atoms with Crippen LogP contribution in [0, 0.1) is 0 Å². The van der Waals surface area contributed by atoms with Gasteiger partial charge in [0.2, 0.25) is 11.8 Å². The maximum Gasteiger partial charge on any atom is 0.330 e. The van der Waals surface area contributed by atoms with Crippen molar-refractivity contribution in [1.29, 1.82) is 0 Å². The van der Waals surface area contributed by atoms with Crippen molar-refractivity contribution in [3.63, 3.8) is 0 Å². The van der Waals surface area contributed by atoms with Gasteiger partial charge in [-0.1, -0.05) is 25.3 Å². The Kier molecular flexibility index (Phi) is 24.2. The molecule has 0 aliphatic carbocycles. The fraction of sp³-hybridized carbons (Fsp3) is 0.368. The number of aliphatic hydroxyl groups excluding tert-OH is 2. The number of carboxylic acids is 2. The number of nitrogens with two attached hydrogens (primary N) is 2. The van der Waals surface area contributed by atoms with E-state index in [1.807, 2.05) is 0 Å². The zero-order chi connectivity index (χ0) is 24.2. The molecule has 0 aliphatic rings. The Morgan fingerprint density at radius 2 is 0.931 bits per heavy atom. The fourth-order valence-electron chi connectivity index (χ4n) is 0.614. The lowest BCUT2D eigenvalue weighted by molar-refractivity contribution is -0.133. The number of aliphatic hydroxyl groups is 2. The van der Waals surface area contributed by atoms with Gasteiger partial charge in [-0.2, -0.15) is 0 Å². The van der Waals surface area contributed by atoms with E-state index in [4.69, 9.17) is 31.9 Å². The van der Waals surface area contributed by atoms with Crippen LogP contribution in [0.15, 0.2) is 47.6 Å². The monoisotopic (exact) mass is 416 g/mol. The summed E-state index contributed by atoms with van der Waals surface area (Å²) in [5.41, 5.74) is 11.3. The van der Waals surface area contributed by atoms with E-state index >= 15 is 0 Å². The molecule has 0 aliphatic heterocycles. The molecule has 0 aromatic rings. The largest absolute Gasteiger partial charge is 0.478 e. The molecule has 8 N–H and O–H groups in total. The number of aliphatic carboxylic acids is 2. The predicted molar refractivity (Wildman–Crippen MR) is 110 cm³/mol. The molecule has 0 heterocycles. The Hall–Kier alpha value is -3.24. The van der Waals surface area contributed by atoms with E-state index < -0.39 is 23.8 Å². The molecule has 0 radical (unpaired) electrons. The van der Waals surface area contributed by atoms with Crippen molar-refractivity contribution >= 4 is 23.8 Å². The number of carbonyl (C=O) groups excluding carboxylic acids is 2. The Morgan fingerprint density at radius 3 is 1.03 bits per heavy atom. The number of rotatable bonds is 7. The lowest BCUT2D eigenvalue weighted by Gasteiger charge is -1.93. The van der Waals surface area contributed by atoms with Gasteiger partial charge in [0.25, 0.3) is 0 Å². The smallest absolute Gasteiger partial charge is 0.330 e. The van der Waals surface area contributed by atoms with Gasteiger partial charge in [-0.25, -0.2) is 9.59 Å². The summed E-state index contributed by atoms with van der Waals surface area (Å²) >= 11 is 0. The molecule has 0 rings (SSSR count). The van der Waals surface area contributed by atoms with E-state index in [-0.39, 0.29) is 24.4 Å². The van der Waals surface area contributed by atoms with Gasteiger partial charge in [-0.15, -0.1) is 0 Å². The summed E-state index contributed by atoms with van der Waals surface area (Å²) in [5, 5.41) is 31.0. The van der Waals surface area contributed by atoms with Gasteiger partial charge in [0.05, 0.1) is 13.2 Å². The summed E-state index contributed by atoms with van der Waals surface area (Å²) in [6.07, 6.45) is 3.78. The van der Waals surface area contributed by atoms with Gasteiger partial charge in [0.1, 0.15) is 0 Å². The van der Waals surface area contributed by atoms with E-state index in [0.29, 0.717) is 17.6 Å². The molecule has 0 bridgehead atoms. The Balaban J connectivity index is -0.000000163. The van der Waals surface area contributed by atoms with Gasteiger partial charge in [0.15, 0.2) is 0 Å². The molecule has 166 valence electrons. The van der Waals surface area contributed by atoms with E-state index in [9.17, 15) is 19.2 Å². The van der Waals surface area contributed by atoms with E-state index in [0.717, 1.165) is 0 Å². The number of carboxylic acid groups (broad SMARTS) is 2. The Morgan fingerprint density at radius 1 is 0.724 bits per heavy atom. The summed E-state index contributed by atoms with van der Waals surface area (Å²) in [7, 11) is 0. The second-order valence-corrected chi connectivity index (χ2v) is 5.36. The maximum absolute atomic E-state index is 10.6. The van der Waals surface area contributed by atoms with Crippen molar-refractivity contribution in [1.82, 2.24) is 0 Å². The van der Waals surface area contributed by atoms with Crippen LogP contribution >= 0.6 is 0 Å². The summed E-state index contributed by atoms with van der Waals surface area (Å²) in [4.78, 5) is 40.3. The molecule has 10 nitrogen and oxygen atoms in total. The average Bonchev–Trinajstić information content (AvgIpc) is 2.62. The minimum atomic E-state index is -0.935. The molecule has 0 saturated carbocycles. The second kappa shape index (κ2) is 21.1. The number of amides is 2. The van der Waals surface area contributed by atoms with Gasteiger partial charge >= 0.3 is 11.9 Å². The zero-order valence-electron chi connectivity index (χ0n) is 17.3. The number of hydrogen-bond acceptors (Lipinski definition) is 6. The van der Waals surface area contributed by atoms with Crippen LogP contribution in [0.1, 0.15) is 34.1 Å². The maximum atomic E-state index is 10.6. The molecule has 0 atom stereocenters. The van der Waals surface area contributed by atoms with E-state index in [1.54, 1.807) is 26.0 Å². The minimum absolute atomic E-state index is 0.125. The summed E-state index contributed by atoms with van der Waals surface area (Å²) in [6, 6.07) is 0. The van der Waals surface area contributed by atoms with E-state index in [1.165, 1.54) is 13.8 Å². The number of primary amides is 2. The first-order valence-electron chi connectivity index (χ1n) is 8.07. The molecule has 2 amide bonds. The first-order chi connectivity index (χ1) is 13.1. The van der Waals surface area contributed by atoms with Crippen molar-refractivity contribution < 1.29 is 39.6 Å². The van der Waals surface area contributed by atoms with Crippen LogP contribution in [0.2, 0.25) is 0 Å². The predicted octanol–water partition coefficient (Wildman–Crippen LogP) is 0.505. The van der Waals surface area contributed by atoms with Crippen LogP contribution in [0.5, 0.6) is 0 Å². The lowest BCUT2D eigenvalue weighted by Crippen LogP contribution is -2.12. The Labute approximate surface area is 170 Å². The first-order valence-corrected chi connectivity index (χ1v) is 8.07. The molecule has 0 aromatic heterocycles. The third-order valence-electron chi connectivity index (χ3n) is 2.46. The van der Waals surface area contributed by atoms with Crippen LogP contribution in [0.3, 0.4) is 0 Å². The molecule has 0 unspecified atom stereocenters. The topological polar surface area (TPSA) is 201 Å². The van der Waals surface area contributed by atoms with Crippen LogP contribution in [0.25, 0.3) is 0 Å². The van der Waals surface area contributed by atoms with Crippen LogP contribution < -0.4 is 11.5 Å². The van der Waals surface area contributed by atoms with Crippen molar-refractivity contribution in [3.8, 4) is 0 Å². The lowest BCUT2D eigenvalue weighted by atomic mass is 10.2. The van der Waals surface area contributed by atoms with Crippen LogP contribution in [-0.2, 0) is 19.2 Å². The molecule has 10 heteroatoms. The van der Waals surface area contributed by atoms with Crippen LogP contribution in [0.4, 0.5) is 0 Å². The second-order valence-electron chi connectivity index (χ2n) is 5.36. The third-order valence-corrected chi connectivity index (χ3v) is 2.46. The van der Waals surface area contributed by atoms with Crippen molar-refractivity contribution in [3.05, 3.63) is 47.6 Å². The third kappa shape index (κ3) is 32.8. The molecule has 0 aromatic carbocycles. The van der Waals surface area contributed by atoms with Crippen molar-refractivity contribution in [2.45, 2.75) is 34.1 Å². The SMILES string of the molecule is C=C(C)C(=O)O.C=C(C)C(=O)O.CC(=CCC=C(C)C(N)=O)C(N)=O.OCCO. The standard InChI is InChI=1S/C9H14N2O2.2C4H6O2.C2H6O2/c1-6(8(10)12)4-3-5-7(2)9(11)13;2*1-3(2)4(5)6;3-1-2-4/h4-5H,3H2,1-2H3,(H2,10,12)(H2,11,13);2*1H2,2H3,(H,5,6);3-4H,1-2H2. The molecule has 29 heavy (non-hydrogen) atoms. The molecular formula is C19H32N2O8. The number of allylic oxidation sites excluding steroid dienone is 2. The molecular weight excluding hydrogens is 384 g/mol. The molecule has 0 spiro atoms. The number of hydrogen-bond donors (Lipinski definition) is 6. The minimum Gasteiger partial charge on any atom is -0.478 e. The quantitative estimate of drug-likeness (QED) is 0.322. The fourth-order valence-corrected chi connectivity index (χ4v) is 0.614.